The summed E-state index contributed by atoms with van der Waals surface area (Å²) in [5.41, 5.74) is 0.982. The van der Waals surface area contributed by atoms with Crippen LogP contribution in [0.25, 0.3) is 0 Å². The largest absolute Gasteiger partial charge is 0.493 e. The number of rotatable bonds is 9. The molecule has 4 rings (SSSR count). The minimum Gasteiger partial charge on any atom is -0.493 e. The van der Waals surface area contributed by atoms with Crippen LogP contribution in [-0.4, -0.2) is 53.1 Å². The van der Waals surface area contributed by atoms with Gasteiger partial charge >= 0.3 is 0 Å². The lowest BCUT2D eigenvalue weighted by Crippen LogP contribution is -2.36. The molecule has 1 aromatic heterocycles. The van der Waals surface area contributed by atoms with Crippen LogP contribution >= 0.6 is 11.6 Å². The lowest BCUT2D eigenvalue weighted by Gasteiger charge is -2.28. The summed E-state index contributed by atoms with van der Waals surface area (Å²) < 4.78 is 41.9. The fraction of sp³-hybridized carbons (Fsp3) is 0.320. The first-order valence-electron chi connectivity index (χ1n) is 11.2. The Morgan fingerprint density at radius 2 is 1.71 bits per heavy atom. The number of likely N-dealkylation sites (tertiary alicyclic amines) is 1. The smallest absolute Gasteiger partial charge is 0.287 e. The maximum Gasteiger partial charge on any atom is 0.287 e. The molecule has 0 bridgehead atoms. The minimum atomic E-state index is -3.91. The lowest BCUT2D eigenvalue weighted by molar-refractivity contribution is 0.0905. The topological polar surface area (TPSA) is 98.1 Å². The molecule has 1 amide bonds. The number of nitrogens with one attached hydrogen (secondary N) is 1. The summed E-state index contributed by atoms with van der Waals surface area (Å²) in [4.78, 5) is 15.2. The normalized spacial score (nSPS) is 15.1. The van der Waals surface area contributed by atoms with Crippen molar-refractivity contribution >= 4 is 27.3 Å². The molecule has 186 valence electrons. The van der Waals surface area contributed by atoms with Gasteiger partial charge in [-0.1, -0.05) is 17.7 Å². The third-order valence-corrected chi connectivity index (χ3v) is 7.92. The lowest BCUT2D eigenvalue weighted by atomic mass is 10.0. The summed E-state index contributed by atoms with van der Waals surface area (Å²) in [5, 5.41) is 3.01. The molecule has 1 atom stereocenters. The van der Waals surface area contributed by atoms with Crippen molar-refractivity contribution in [3.05, 3.63) is 70.9 Å². The molecule has 2 heterocycles. The van der Waals surface area contributed by atoms with Crippen molar-refractivity contribution in [1.29, 1.82) is 0 Å². The third kappa shape index (κ3) is 5.47. The molecule has 1 fully saturated rings. The van der Waals surface area contributed by atoms with E-state index in [4.69, 9.17) is 25.5 Å². The molecule has 1 unspecified atom stereocenters. The molecule has 0 spiro atoms. The van der Waals surface area contributed by atoms with Gasteiger partial charge in [0.2, 0.25) is 14.9 Å². The molecule has 1 aliphatic heterocycles. The number of nitrogens with zero attached hydrogens (tertiary/aromatic N) is 1. The van der Waals surface area contributed by atoms with Gasteiger partial charge in [0.05, 0.1) is 25.2 Å². The van der Waals surface area contributed by atoms with E-state index in [2.05, 4.69) is 10.2 Å². The van der Waals surface area contributed by atoms with Crippen molar-refractivity contribution in [2.45, 2.75) is 28.9 Å². The highest BCUT2D eigenvalue weighted by Gasteiger charge is 2.27. The Hall–Kier alpha value is -3.01. The molecule has 0 aliphatic carbocycles. The quantitative estimate of drug-likeness (QED) is 0.449. The Balaban J connectivity index is 1.51. The fourth-order valence-corrected chi connectivity index (χ4v) is 5.46. The van der Waals surface area contributed by atoms with Crippen molar-refractivity contribution in [1.82, 2.24) is 10.2 Å². The molecular formula is C25H27ClN2O6S. The van der Waals surface area contributed by atoms with Gasteiger partial charge in [0.25, 0.3) is 5.91 Å². The third-order valence-electron chi connectivity index (χ3n) is 6.02. The summed E-state index contributed by atoms with van der Waals surface area (Å²) in [5.74, 6) is 0.673. The number of amides is 1. The molecule has 3 aromatic rings. The molecule has 35 heavy (non-hydrogen) atoms. The maximum absolute atomic E-state index is 12.9. The van der Waals surface area contributed by atoms with Crippen molar-refractivity contribution in [3.8, 4) is 11.5 Å². The monoisotopic (exact) mass is 518 g/mol. The van der Waals surface area contributed by atoms with Gasteiger partial charge in [-0.25, -0.2) is 8.42 Å². The highest BCUT2D eigenvalue weighted by Crippen LogP contribution is 2.33. The zero-order valence-corrected chi connectivity index (χ0v) is 21.1. The van der Waals surface area contributed by atoms with Crippen LogP contribution in [0, 0.1) is 0 Å². The molecule has 10 heteroatoms. The zero-order chi connectivity index (χ0) is 25.0. The number of sulfone groups is 1. The predicted octanol–water partition coefficient (Wildman–Crippen LogP) is 4.35. The SMILES string of the molecule is COc1ccc(C(CNC(=O)c2ccc(S(=O)(=O)c3ccc(Cl)cc3)o2)N2CCCC2)cc1OC. The number of hydrogen-bond acceptors (Lipinski definition) is 7. The average Bonchev–Trinajstić information content (AvgIpc) is 3.57. The molecular weight excluding hydrogens is 492 g/mol. The minimum absolute atomic E-state index is 0.0331. The van der Waals surface area contributed by atoms with E-state index in [1.54, 1.807) is 14.2 Å². The van der Waals surface area contributed by atoms with Gasteiger partial charge in [0.15, 0.2) is 17.3 Å². The van der Waals surface area contributed by atoms with Crippen LogP contribution in [0.5, 0.6) is 11.5 Å². The van der Waals surface area contributed by atoms with Gasteiger partial charge in [-0.15, -0.1) is 0 Å². The Morgan fingerprint density at radius 3 is 2.37 bits per heavy atom. The highest BCUT2D eigenvalue weighted by molar-refractivity contribution is 7.91. The van der Waals surface area contributed by atoms with E-state index in [1.807, 2.05) is 18.2 Å². The summed E-state index contributed by atoms with van der Waals surface area (Å²) in [6, 6.07) is 14.0. The average molecular weight is 519 g/mol. The zero-order valence-electron chi connectivity index (χ0n) is 19.5. The summed E-state index contributed by atoms with van der Waals surface area (Å²) in [7, 11) is -0.741. The van der Waals surface area contributed by atoms with Crippen molar-refractivity contribution in [2.24, 2.45) is 0 Å². The van der Waals surface area contributed by atoms with Crippen LogP contribution in [0.2, 0.25) is 5.02 Å². The number of halogens is 1. The second kappa shape index (κ2) is 10.7. The molecule has 2 aromatic carbocycles. The molecule has 0 radical (unpaired) electrons. The summed E-state index contributed by atoms with van der Waals surface area (Å²) in [6.07, 6.45) is 2.17. The number of methoxy groups -OCH3 is 2. The van der Waals surface area contributed by atoms with E-state index in [-0.39, 0.29) is 21.8 Å². The van der Waals surface area contributed by atoms with Gasteiger partial charge in [0, 0.05) is 11.6 Å². The van der Waals surface area contributed by atoms with E-state index in [0.717, 1.165) is 31.5 Å². The van der Waals surface area contributed by atoms with Crippen molar-refractivity contribution < 1.29 is 27.1 Å². The van der Waals surface area contributed by atoms with E-state index >= 15 is 0 Å². The first-order chi connectivity index (χ1) is 16.8. The molecule has 1 aliphatic rings. The Labute approximate surface area is 209 Å². The van der Waals surface area contributed by atoms with Crippen LogP contribution < -0.4 is 14.8 Å². The van der Waals surface area contributed by atoms with Gasteiger partial charge in [0.1, 0.15) is 0 Å². The van der Waals surface area contributed by atoms with Crippen LogP contribution in [0.1, 0.15) is 35.0 Å². The summed E-state index contributed by atoms with van der Waals surface area (Å²) in [6.45, 7) is 2.15. The Kier molecular flexibility index (Phi) is 7.69. The van der Waals surface area contributed by atoms with Gasteiger partial charge in [-0.2, -0.15) is 0 Å². The molecule has 1 N–H and O–H groups in total. The van der Waals surface area contributed by atoms with E-state index < -0.39 is 15.7 Å². The fourth-order valence-electron chi connectivity index (χ4n) is 4.16. The number of carbonyl (C=O) groups excluding carboxylic acids is 1. The second-order valence-electron chi connectivity index (χ2n) is 8.16. The van der Waals surface area contributed by atoms with Crippen LogP contribution in [0.4, 0.5) is 0 Å². The van der Waals surface area contributed by atoms with Gasteiger partial charge < -0.3 is 19.2 Å². The number of furan rings is 1. The van der Waals surface area contributed by atoms with E-state index in [0.29, 0.717) is 23.1 Å². The predicted molar refractivity (Wildman–Crippen MR) is 131 cm³/mol. The molecule has 8 nitrogen and oxygen atoms in total. The maximum atomic E-state index is 12.9. The van der Waals surface area contributed by atoms with Crippen LogP contribution in [-0.2, 0) is 9.84 Å². The van der Waals surface area contributed by atoms with Gasteiger partial charge in [-0.3, -0.25) is 9.69 Å². The molecule has 1 saturated heterocycles. The molecule has 0 saturated carbocycles. The van der Waals surface area contributed by atoms with Crippen molar-refractivity contribution in [3.63, 3.8) is 0 Å². The van der Waals surface area contributed by atoms with Crippen molar-refractivity contribution in [2.75, 3.05) is 33.9 Å². The standard InChI is InChI=1S/C25H27ClN2O6S/c1-32-21-10-5-17(15-23(21)33-2)20(28-13-3-4-14-28)16-27-25(29)22-11-12-24(34-22)35(30,31)19-8-6-18(26)7-9-19/h5-12,15,20H,3-4,13-14,16H2,1-2H3,(H,27,29). The first kappa shape index (κ1) is 25.1. The van der Waals surface area contributed by atoms with E-state index in [1.165, 1.54) is 36.4 Å². The summed E-state index contributed by atoms with van der Waals surface area (Å²) >= 11 is 5.85. The number of hydrogen-bond donors (Lipinski definition) is 1. The van der Waals surface area contributed by atoms with E-state index in [9.17, 15) is 13.2 Å². The number of ether oxygens (including phenoxy) is 2. The highest BCUT2D eigenvalue weighted by atomic mass is 35.5. The number of benzene rings is 2. The van der Waals surface area contributed by atoms with Crippen LogP contribution in [0.3, 0.4) is 0 Å². The Morgan fingerprint density at radius 1 is 1.03 bits per heavy atom. The Bertz CT molecular complexity index is 1280. The van der Waals surface area contributed by atoms with Gasteiger partial charge in [-0.05, 0) is 80.0 Å². The number of carbonyl (C=O) groups is 1. The van der Waals surface area contributed by atoms with Crippen LogP contribution in [0.15, 0.2) is 69.0 Å². The first-order valence-corrected chi connectivity index (χ1v) is 13.0. The second-order valence-corrected chi connectivity index (χ2v) is 10.5.